The monoisotopic (exact) mass is 231 g/mol. The average Bonchev–Trinajstić information content (AvgIpc) is 2.38. The van der Waals surface area contributed by atoms with E-state index in [1.807, 2.05) is 6.07 Å². The van der Waals surface area contributed by atoms with E-state index in [1.54, 1.807) is 6.92 Å². The highest BCUT2D eigenvalue weighted by Gasteiger charge is 2.25. The molecule has 1 aliphatic heterocycles. The minimum absolute atomic E-state index is 0.284. The van der Waals surface area contributed by atoms with E-state index >= 15 is 0 Å². The van der Waals surface area contributed by atoms with Crippen molar-refractivity contribution in [3.05, 3.63) is 35.9 Å². The van der Waals surface area contributed by atoms with Gasteiger partial charge in [0.25, 0.3) is 0 Å². The van der Waals surface area contributed by atoms with Gasteiger partial charge in [-0.25, -0.2) is 0 Å². The van der Waals surface area contributed by atoms with Crippen LogP contribution in [0.15, 0.2) is 30.3 Å². The van der Waals surface area contributed by atoms with Gasteiger partial charge in [0.15, 0.2) is 0 Å². The van der Waals surface area contributed by atoms with Crippen LogP contribution in [0.2, 0.25) is 0 Å². The normalized spacial score (nSPS) is 22.1. The fourth-order valence-corrected chi connectivity index (χ4v) is 2.72. The minimum atomic E-state index is 0.284. The third kappa shape index (κ3) is 3.40. The van der Waals surface area contributed by atoms with E-state index in [2.05, 4.69) is 29.6 Å². The largest absolute Gasteiger partial charge is 0.313 e. The SMILES string of the molecule is CC(=O)CC(c1ccccc1)C1CCCCN1. The first-order valence-corrected chi connectivity index (χ1v) is 6.55. The Morgan fingerprint density at radius 3 is 2.71 bits per heavy atom. The number of Topliss-reactive ketones (excluding diaryl/α,β-unsaturated/α-hetero) is 1. The molecule has 1 N–H and O–H groups in total. The van der Waals surface area contributed by atoms with Crippen LogP contribution in [0.5, 0.6) is 0 Å². The summed E-state index contributed by atoms with van der Waals surface area (Å²) >= 11 is 0. The molecule has 0 saturated carbocycles. The predicted octanol–water partition coefficient (Wildman–Crippen LogP) is 2.89. The van der Waals surface area contributed by atoms with Crippen LogP contribution in [-0.2, 0) is 4.79 Å². The van der Waals surface area contributed by atoms with Crippen LogP contribution < -0.4 is 5.32 Å². The van der Waals surface area contributed by atoms with Crippen molar-refractivity contribution < 1.29 is 4.79 Å². The molecular formula is C15H21NO. The van der Waals surface area contributed by atoms with Gasteiger partial charge in [-0.3, -0.25) is 0 Å². The highest BCUT2D eigenvalue weighted by molar-refractivity contribution is 5.76. The maximum absolute atomic E-state index is 11.4. The zero-order chi connectivity index (χ0) is 12.1. The molecule has 0 radical (unpaired) electrons. The van der Waals surface area contributed by atoms with E-state index in [0.29, 0.717) is 18.4 Å². The maximum atomic E-state index is 11.4. The molecule has 0 aliphatic carbocycles. The summed E-state index contributed by atoms with van der Waals surface area (Å²) in [6.07, 6.45) is 4.38. The first-order valence-electron chi connectivity index (χ1n) is 6.55. The van der Waals surface area contributed by atoms with Crippen molar-refractivity contribution in [1.82, 2.24) is 5.32 Å². The second-order valence-electron chi connectivity index (χ2n) is 4.98. The molecule has 1 aliphatic rings. The third-order valence-corrected chi connectivity index (χ3v) is 3.57. The summed E-state index contributed by atoms with van der Waals surface area (Å²) in [6, 6.07) is 10.9. The van der Waals surface area contributed by atoms with Crippen LogP contribution >= 0.6 is 0 Å². The molecule has 2 unspecified atom stereocenters. The summed E-state index contributed by atoms with van der Waals surface area (Å²) < 4.78 is 0. The number of hydrogen-bond donors (Lipinski definition) is 1. The predicted molar refractivity (Wildman–Crippen MR) is 70.1 cm³/mol. The fourth-order valence-electron chi connectivity index (χ4n) is 2.72. The maximum Gasteiger partial charge on any atom is 0.130 e. The van der Waals surface area contributed by atoms with Crippen LogP contribution in [0.25, 0.3) is 0 Å². The zero-order valence-electron chi connectivity index (χ0n) is 10.5. The standard InChI is InChI=1S/C15H21NO/c1-12(17)11-14(13-7-3-2-4-8-13)15-9-5-6-10-16-15/h2-4,7-8,14-16H,5-6,9-11H2,1H3. The van der Waals surface area contributed by atoms with Gasteiger partial charge in [-0.05, 0) is 31.9 Å². The van der Waals surface area contributed by atoms with E-state index in [9.17, 15) is 4.79 Å². The van der Waals surface area contributed by atoms with Gasteiger partial charge in [-0.1, -0.05) is 36.8 Å². The van der Waals surface area contributed by atoms with Crippen molar-refractivity contribution in [2.45, 2.75) is 44.6 Å². The molecule has 1 aromatic rings. The lowest BCUT2D eigenvalue weighted by Gasteiger charge is -2.31. The van der Waals surface area contributed by atoms with Crippen LogP contribution in [0, 0.1) is 0 Å². The third-order valence-electron chi connectivity index (χ3n) is 3.57. The Balaban J connectivity index is 2.15. The topological polar surface area (TPSA) is 29.1 Å². The summed E-state index contributed by atoms with van der Waals surface area (Å²) in [6.45, 7) is 2.78. The summed E-state index contributed by atoms with van der Waals surface area (Å²) in [5.41, 5.74) is 1.29. The Bertz CT molecular complexity index is 354. The van der Waals surface area contributed by atoms with Crippen molar-refractivity contribution in [2.24, 2.45) is 0 Å². The van der Waals surface area contributed by atoms with Crippen LogP contribution in [-0.4, -0.2) is 18.4 Å². The van der Waals surface area contributed by atoms with Gasteiger partial charge in [0.1, 0.15) is 5.78 Å². The van der Waals surface area contributed by atoms with Crippen LogP contribution in [0.1, 0.15) is 44.1 Å². The zero-order valence-corrected chi connectivity index (χ0v) is 10.5. The fraction of sp³-hybridized carbons (Fsp3) is 0.533. The minimum Gasteiger partial charge on any atom is -0.313 e. The Morgan fingerprint density at radius 1 is 1.35 bits per heavy atom. The lowest BCUT2D eigenvalue weighted by molar-refractivity contribution is -0.117. The average molecular weight is 231 g/mol. The van der Waals surface area contributed by atoms with Crippen molar-refractivity contribution in [1.29, 1.82) is 0 Å². The van der Waals surface area contributed by atoms with Gasteiger partial charge >= 0.3 is 0 Å². The van der Waals surface area contributed by atoms with Crippen molar-refractivity contribution in [2.75, 3.05) is 6.54 Å². The Kier molecular flexibility index (Phi) is 4.32. The molecule has 2 rings (SSSR count). The molecule has 0 aromatic heterocycles. The molecule has 0 amide bonds. The van der Waals surface area contributed by atoms with Crippen LogP contribution in [0.3, 0.4) is 0 Å². The Hall–Kier alpha value is -1.15. The first-order chi connectivity index (χ1) is 8.27. The van der Waals surface area contributed by atoms with Crippen LogP contribution in [0.4, 0.5) is 0 Å². The van der Waals surface area contributed by atoms with Gasteiger partial charge in [0.05, 0.1) is 0 Å². The Labute approximate surface area is 103 Å². The highest BCUT2D eigenvalue weighted by atomic mass is 16.1. The lowest BCUT2D eigenvalue weighted by Crippen LogP contribution is -2.39. The second kappa shape index (κ2) is 5.97. The van der Waals surface area contributed by atoms with Gasteiger partial charge in [-0.2, -0.15) is 0 Å². The van der Waals surface area contributed by atoms with E-state index in [-0.39, 0.29) is 5.78 Å². The number of benzene rings is 1. The number of carbonyl (C=O) groups excluding carboxylic acids is 1. The number of piperidine rings is 1. The van der Waals surface area contributed by atoms with Crippen molar-refractivity contribution >= 4 is 5.78 Å². The molecule has 2 nitrogen and oxygen atoms in total. The summed E-state index contributed by atoms with van der Waals surface area (Å²) in [5, 5.41) is 3.57. The van der Waals surface area contributed by atoms with Crippen molar-refractivity contribution in [3.63, 3.8) is 0 Å². The van der Waals surface area contributed by atoms with E-state index in [4.69, 9.17) is 0 Å². The number of nitrogens with one attached hydrogen (secondary N) is 1. The molecule has 2 atom stereocenters. The number of carbonyl (C=O) groups is 1. The molecule has 2 heteroatoms. The molecule has 0 bridgehead atoms. The number of rotatable bonds is 4. The lowest BCUT2D eigenvalue weighted by atomic mass is 9.83. The van der Waals surface area contributed by atoms with E-state index < -0.39 is 0 Å². The van der Waals surface area contributed by atoms with E-state index in [0.717, 1.165) is 6.54 Å². The van der Waals surface area contributed by atoms with Gasteiger partial charge in [-0.15, -0.1) is 0 Å². The molecule has 92 valence electrons. The summed E-state index contributed by atoms with van der Waals surface area (Å²) in [5.74, 6) is 0.625. The highest BCUT2D eigenvalue weighted by Crippen LogP contribution is 2.28. The molecule has 1 saturated heterocycles. The van der Waals surface area contributed by atoms with Gasteiger partial charge in [0.2, 0.25) is 0 Å². The Morgan fingerprint density at radius 2 is 2.12 bits per heavy atom. The molecule has 1 heterocycles. The molecule has 17 heavy (non-hydrogen) atoms. The molecular weight excluding hydrogens is 210 g/mol. The number of ketones is 1. The van der Waals surface area contributed by atoms with Gasteiger partial charge < -0.3 is 10.1 Å². The molecule has 1 aromatic carbocycles. The summed E-state index contributed by atoms with van der Waals surface area (Å²) in [7, 11) is 0. The second-order valence-corrected chi connectivity index (χ2v) is 4.98. The molecule has 1 fully saturated rings. The number of hydrogen-bond acceptors (Lipinski definition) is 2. The summed E-state index contributed by atoms with van der Waals surface area (Å²) in [4.78, 5) is 11.4. The van der Waals surface area contributed by atoms with Gasteiger partial charge in [0, 0.05) is 18.4 Å². The van der Waals surface area contributed by atoms with Crippen molar-refractivity contribution in [3.8, 4) is 0 Å². The first kappa shape index (κ1) is 12.3. The molecule has 0 spiro atoms. The quantitative estimate of drug-likeness (QED) is 0.863. The van der Waals surface area contributed by atoms with E-state index in [1.165, 1.54) is 24.8 Å². The smallest absolute Gasteiger partial charge is 0.130 e.